The highest BCUT2D eigenvalue weighted by Crippen LogP contribution is 2.12. The van der Waals surface area contributed by atoms with Crippen LogP contribution < -0.4 is 16.0 Å². The monoisotopic (exact) mass is 364 g/mol. The standard InChI is InChI=1S/C19H29FN4O2/c1-13(2)14(3)21-18(25)12-24-10-8-17(9-11-24)23-19(26)22-16-6-4-15(20)5-7-16/h4-7,13-14,17H,8-12H2,1-3H3,(H,21,25)(H2,22,23,26). The number of amides is 3. The second kappa shape index (κ2) is 9.52. The van der Waals surface area contributed by atoms with Gasteiger partial charge in [-0.2, -0.15) is 0 Å². The maximum atomic E-state index is 12.9. The molecular formula is C19H29FN4O2. The van der Waals surface area contributed by atoms with E-state index in [1.807, 2.05) is 6.92 Å². The number of urea groups is 1. The summed E-state index contributed by atoms with van der Waals surface area (Å²) in [5.74, 6) is 0.121. The van der Waals surface area contributed by atoms with Crippen molar-refractivity contribution < 1.29 is 14.0 Å². The number of hydrogen-bond acceptors (Lipinski definition) is 3. The van der Waals surface area contributed by atoms with Crippen molar-refractivity contribution in [3.63, 3.8) is 0 Å². The minimum absolute atomic E-state index is 0.0478. The van der Waals surface area contributed by atoms with Crippen molar-refractivity contribution in [1.82, 2.24) is 15.5 Å². The summed E-state index contributed by atoms with van der Waals surface area (Å²) in [6, 6.07) is 5.60. The second-order valence-electron chi connectivity index (χ2n) is 7.26. The van der Waals surface area contributed by atoms with Crippen LogP contribution in [-0.4, -0.2) is 48.6 Å². The van der Waals surface area contributed by atoms with Gasteiger partial charge in [0.15, 0.2) is 0 Å². The third-order valence-corrected chi connectivity index (χ3v) is 4.78. The Morgan fingerprint density at radius 3 is 2.35 bits per heavy atom. The molecule has 1 heterocycles. The third-order valence-electron chi connectivity index (χ3n) is 4.78. The first kappa shape index (κ1) is 20.2. The van der Waals surface area contributed by atoms with E-state index < -0.39 is 0 Å². The molecule has 1 aliphatic heterocycles. The van der Waals surface area contributed by atoms with E-state index in [2.05, 4.69) is 34.7 Å². The zero-order valence-corrected chi connectivity index (χ0v) is 15.7. The summed E-state index contributed by atoms with van der Waals surface area (Å²) in [4.78, 5) is 26.2. The zero-order chi connectivity index (χ0) is 19.1. The van der Waals surface area contributed by atoms with Gasteiger partial charge in [-0.15, -0.1) is 0 Å². The van der Waals surface area contributed by atoms with Crippen LogP contribution >= 0.6 is 0 Å². The summed E-state index contributed by atoms with van der Waals surface area (Å²) < 4.78 is 12.9. The third kappa shape index (κ3) is 6.63. The molecule has 1 unspecified atom stereocenters. The minimum atomic E-state index is -0.338. The number of nitrogens with zero attached hydrogens (tertiary/aromatic N) is 1. The Hall–Kier alpha value is -2.15. The van der Waals surface area contributed by atoms with E-state index >= 15 is 0 Å². The number of carbonyl (C=O) groups excluding carboxylic acids is 2. The number of piperidine rings is 1. The number of hydrogen-bond donors (Lipinski definition) is 3. The molecule has 144 valence electrons. The molecule has 2 rings (SSSR count). The fraction of sp³-hybridized carbons (Fsp3) is 0.579. The van der Waals surface area contributed by atoms with Crippen LogP contribution in [0.25, 0.3) is 0 Å². The number of anilines is 1. The van der Waals surface area contributed by atoms with E-state index in [4.69, 9.17) is 0 Å². The Balaban J connectivity index is 1.68. The van der Waals surface area contributed by atoms with E-state index in [1.54, 1.807) is 0 Å². The van der Waals surface area contributed by atoms with Crippen LogP contribution in [0.5, 0.6) is 0 Å². The van der Waals surface area contributed by atoms with E-state index in [0.29, 0.717) is 18.2 Å². The lowest BCUT2D eigenvalue weighted by Crippen LogP contribution is -2.49. The molecule has 3 amide bonds. The number of benzene rings is 1. The highest BCUT2D eigenvalue weighted by atomic mass is 19.1. The number of nitrogens with one attached hydrogen (secondary N) is 3. The Labute approximate surface area is 154 Å². The number of rotatable bonds is 6. The van der Waals surface area contributed by atoms with Gasteiger partial charge in [0, 0.05) is 30.9 Å². The van der Waals surface area contributed by atoms with Gasteiger partial charge in [-0.05, 0) is 49.9 Å². The molecule has 0 saturated carbocycles. The van der Waals surface area contributed by atoms with Gasteiger partial charge < -0.3 is 16.0 Å². The molecule has 26 heavy (non-hydrogen) atoms. The summed E-state index contributed by atoms with van der Waals surface area (Å²) in [6.07, 6.45) is 1.59. The molecule has 1 saturated heterocycles. The quantitative estimate of drug-likeness (QED) is 0.726. The van der Waals surface area contributed by atoms with Crippen LogP contribution in [0.3, 0.4) is 0 Å². The topological polar surface area (TPSA) is 73.5 Å². The van der Waals surface area contributed by atoms with Gasteiger partial charge in [-0.3, -0.25) is 9.69 Å². The van der Waals surface area contributed by atoms with Crippen LogP contribution in [-0.2, 0) is 4.79 Å². The van der Waals surface area contributed by atoms with Gasteiger partial charge in [0.1, 0.15) is 5.82 Å². The van der Waals surface area contributed by atoms with E-state index in [0.717, 1.165) is 25.9 Å². The Morgan fingerprint density at radius 2 is 1.77 bits per heavy atom. The lowest BCUT2D eigenvalue weighted by molar-refractivity contribution is -0.123. The minimum Gasteiger partial charge on any atom is -0.352 e. The normalized spacial score (nSPS) is 17.0. The number of likely N-dealkylation sites (tertiary alicyclic amines) is 1. The maximum absolute atomic E-state index is 12.9. The van der Waals surface area contributed by atoms with Crippen molar-refractivity contribution in [2.24, 2.45) is 5.92 Å². The van der Waals surface area contributed by atoms with Crippen molar-refractivity contribution in [2.75, 3.05) is 25.0 Å². The van der Waals surface area contributed by atoms with Crippen LogP contribution in [0.4, 0.5) is 14.9 Å². The number of carbonyl (C=O) groups is 2. The van der Waals surface area contributed by atoms with Gasteiger partial charge in [-0.1, -0.05) is 13.8 Å². The SMILES string of the molecule is CC(C)C(C)NC(=O)CN1CCC(NC(=O)Nc2ccc(F)cc2)CC1. The molecule has 0 bridgehead atoms. The first-order chi connectivity index (χ1) is 12.3. The molecule has 0 aromatic heterocycles. The molecule has 1 fully saturated rings. The lowest BCUT2D eigenvalue weighted by Gasteiger charge is -2.32. The van der Waals surface area contributed by atoms with Crippen LogP contribution in [0.1, 0.15) is 33.6 Å². The lowest BCUT2D eigenvalue weighted by atomic mass is 10.0. The van der Waals surface area contributed by atoms with Crippen LogP contribution in [0.15, 0.2) is 24.3 Å². The summed E-state index contributed by atoms with van der Waals surface area (Å²) >= 11 is 0. The van der Waals surface area contributed by atoms with Crippen molar-refractivity contribution in [1.29, 1.82) is 0 Å². The first-order valence-corrected chi connectivity index (χ1v) is 9.18. The Kier molecular flexibility index (Phi) is 7.38. The van der Waals surface area contributed by atoms with Crippen molar-refractivity contribution in [3.8, 4) is 0 Å². The summed E-state index contributed by atoms with van der Waals surface area (Å²) in [5, 5.41) is 8.64. The largest absolute Gasteiger partial charge is 0.352 e. The summed E-state index contributed by atoms with van der Waals surface area (Å²) in [6.45, 7) is 8.11. The van der Waals surface area contributed by atoms with Crippen LogP contribution in [0.2, 0.25) is 0 Å². The van der Waals surface area contributed by atoms with Crippen molar-refractivity contribution in [2.45, 2.75) is 45.7 Å². The number of halogens is 1. The molecule has 7 heteroatoms. The fourth-order valence-corrected chi connectivity index (χ4v) is 2.79. The second-order valence-corrected chi connectivity index (χ2v) is 7.26. The first-order valence-electron chi connectivity index (χ1n) is 9.18. The van der Waals surface area contributed by atoms with Gasteiger partial charge in [-0.25, -0.2) is 9.18 Å². The molecule has 0 radical (unpaired) electrons. The highest BCUT2D eigenvalue weighted by Gasteiger charge is 2.22. The van der Waals surface area contributed by atoms with Gasteiger partial charge >= 0.3 is 6.03 Å². The molecular weight excluding hydrogens is 335 g/mol. The molecule has 6 nitrogen and oxygen atoms in total. The summed E-state index contributed by atoms with van der Waals surface area (Å²) in [7, 11) is 0. The van der Waals surface area contributed by atoms with Crippen molar-refractivity contribution >= 4 is 17.6 Å². The van der Waals surface area contributed by atoms with E-state index in [-0.39, 0.29) is 29.8 Å². The molecule has 1 aliphatic rings. The van der Waals surface area contributed by atoms with E-state index in [1.165, 1.54) is 24.3 Å². The van der Waals surface area contributed by atoms with Crippen LogP contribution in [0, 0.1) is 11.7 Å². The smallest absolute Gasteiger partial charge is 0.319 e. The Bertz CT molecular complexity index is 598. The fourth-order valence-electron chi connectivity index (χ4n) is 2.79. The molecule has 1 aromatic carbocycles. The van der Waals surface area contributed by atoms with Gasteiger partial charge in [0.25, 0.3) is 0 Å². The molecule has 1 aromatic rings. The molecule has 3 N–H and O–H groups in total. The highest BCUT2D eigenvalue weighted by molar-refractivity contribution is 5.89. The van der Waals surface area contributed by atoms with Crippen molar-refractivity contribution in [3.05, 3.63) is 30.1 Å². The zero-order valence-electron chi connectivity index (χ0n) is 15.7. The predicted molar refractivity (Wildman–Crippen MR) is 100 cm³/mol. The molecule has 1 atom stereocenters. The average Bonchev–Trinajstić information content (AvgIpc) is 2.58. The Morgan fingerprint density at radius 1 is 1.15 bits per heavy atom. The average molecular weight is 364 g/mol. The molecule has 0 aliphatic carbocycles. The summed E-state index contributed by atoms with van der Waals surface area (Å²) in [5.41, 5.74) is 0.553. The van der Waals surface area contributed by atoms with Gasteiger partial charge in [0.2, 0.25) is 5.91 Å². The molecule has 0 spiro atoms. The maximum Gasteiger partial charge on any atom is 0.319 e. The van der Waals surface area contributed by atoms with Gasteiger partial charge in [0.05, 0.1) is 6.54 Å². The van der Waals surface area contributed by atoms with E-state index in [9.17, 15) is 14.0 Å². The predicted octanol–water partition coefficient (Wildman–Crippen LogP) is 2.57.